The van der Waals surface area contributed by atoms with Gasteiger partial charge in [0.05, 0.1) is 32.9 Å². The van der Waals surface area contributed by atoms with Gasteiger partial charge < -0.3 is 24.4 Å². The number of amides is 1. The fourth-order valence-corrected chi connectivity index (χ4v) is 4.97. The van der Waals surface area contributed by atoms with Crippen LogP contribution in [0.4, 0.5) is 0 Å². The van der Waals surface area contributed by atoms with E-state index in [2.05, 4.69) is 0 Å². The molecule has 2 saturated heterocycles. The van der Waals surface area contributed by atoms with Crippen LogP contribution in [0.1, 0.15) is 23.6 Å². The summed E-state index contributed by atoms with van der Waals surface area (Å²) in [7, 11) is 1.53. The summed E-state index contributed by atoms with van der Waals surface area (Å²) < 4.78 is 10.6. The average molecular weight is 505 g/mol. The van der Waals surface area contributed by atoms with E-state index in [1.165, 1.54) is 16.9 Å². The largest absolute Gasteiger partial charge is 0.872 e. The zero-order valence-electron chi connectivity index (χ0n) is 18.8. The third-order valence-corrected chi connectivity index (χ3v) is 6.83. The first-order valence-electron chi connectivity index (χ1n) is 11.2. The molecule has 0 spiro atoms. The predicted molar refractivity (Wildman–Crippen MR) is 127 cm³/mol. The van der Waals surface area contributed by atoms with Crippen molar-refractivity contribution in [2.75, 3.05) is 46.5 Å². The van der Waals surface area contributed by atoms with E-state index in [-0.39, 0.29) is 5.57 Å². The lowest BCUT2D eigenvalue weighted by atomic mass is 9.95. The second-order valence-electron chi connectivity index (χ2n) is 8.33. The summed E-state index contributed by atoms with van der Waals surface area (Å²) in [5, 5.41) is 14.2. The zero-order valence-corrected chi connectivity index (χ0v) is 20.3. The minimum Gasteiger partial charge on any atom is -0.872 e. The van der Waals surface area contributed by atoms with Gasteiger partial charge in [-0.1, -0.05) is 47.2 Å². The Morgan fingerprint density at radius 1 is 1.15 bits per heavy atom. The van der Waals surface area contributed by atoms with E-state index in [4.69, 9.17) is 32.7 Å². The minimum absolute atomic E-state index is 0.0990. The van der Waals surface area contributed by atoms with Crippen molar-refractivity contribution >= 4 is 40.7 Å². The number of likely N-dealkylation sites (tertiary alicyclic amines) is 1. The third-order valence-electron chi connectivity index (χ3n) is 6.27. The van der Waals surface area contributed by atoms with E-state index >= 15 is 0 Å². The number of hydrogen-bond acceptors (Lipinski definition) is 5. The van der Waals surface area contributed by atoms with Crippen molar-refractivity contribution in [1.82, 2.24) is 4.90 Å². The quantitative estimate of drug-likeness (QED) is 0.351. The number of rotatable bonds is 7. The molecule has 2 heterocycles. The number of nitrogens with one attached hydrogen (secondary N) is 1. The highest BCUT2D eigenvalue weighted by Gasteiger charge is 2.44. The van der Waals surface area contributed by atoms with Gasteiger partial charge >= 0.3 is 0 Å². The monoisotopic (exact) mass is 504 g/mol. The number of benzene rings is 2. The second kappa shape index (κ2) is 10.8. The predicted octanol–water partition coefficient (Wildman–Crippen LogP) is 1.53. The van der Waals surface area contributed by atoms with E-state index in [1.54, 1.807) is 42.5 Å². The molecule has 4 rings (SSSR count). The summed E-state index contributed by atoms with van der Waals surface area (Å²) in [6.07, 6.45) is 0.681. The fourth-order valence-electron chi connectivity index (χ4n) is 4.45. The van der Waals surface area contributed by atoms with Gasteiger partial charge in [0.2, 0.25) is 5.78 Å². The summed E-state index contributed by atoms with van der Waals surface area (Å²) in [5.74, 6) is -1.40. The number of hydrogen-bond donors (Lipinski definition) is 1. The lowest BCUT2D eigenvalue weighted by molar-refractivity contribution is -0.908. The topological polar surface area (TPSA) is 83.3 Å². The maximum Gasteiger partial charge on any atom is 0.295 e. The molecule has 2 aromatic rings. The molecule has 1 N–H and O–H groups in total. The van der Waals surface area contributed by atoms with Crippen molar-refractivity contribution in [1.29, 1.82) is 0 Å². The Morgan fingerprint density at radius 3 is 2.50 bits per heavy atom. The van der Waals surface area contributed by atoms with Gasteiger partial charge in [-0.3, -0.25) is 9.59 Å². The normalized spacial score (nSPS) is 20.7. The number of carbonyl (C=O) groups is 2. The molecule has 0 bridgehead atoms. The Balaban J connectivity index is 1.70. The zero-order chi connectivity index (χ0) is 24.2. The van der Waals surface area contributed by atoms with Crippen LogP contribution >= 0.6 is 23.2 Å². The van der Waals surface area contributed by atoms with Crippen molar-refractivity contribution in [3.05, 3.63) is 69.2 Å². The first kappa shape index (κ1) is 24.5. The van der Waals surface area contributed by atoms with Crippen molar-refractivity contribution in [2.24, 2.45) is 0 Å². The first-order valence-corrected chi connectivity index (χ1v) is 11.9. The standard InChI is InChI=1S/C25H26Cl2N2O5/c1-33-18-6-3-16(4-7-18)23(30)21-22(19-8-5-17(26)15-20(19)27)29(25(32)24(21)31)10-2-9-28-11-13-34-14-12-28/h3-8,15,22,30H,2,9-14H2,1H3. The molecule has 1 unspecified atom stereocenters. The van der Waals surface area contributed by atoms with E-state index in [0.717, 1.165) is 19.6 Å². The lowest BCUT2D eigenvalue weighted by Crippen LogP contribution is -3.14. The number of nitrogens with zero attached hydrogens (tertiary/aromatic N) is 1. The highest BCUT2D eigenvalue weighted by Crippen LogP contribution is 2.42. The molecule has 7 nitrogen and oxygen atoms in total. The highest BCUT2D eigenvalue weighted by atomic mass is 35.5. The van der Waals surface area contributed by atoms with E-state index in [9.17, 15) is 14.7 Å². The van der Waals surface area contributed by atoms with Crippen LogP contribution in [0.25, 0.3) is 5.76 Å². The van der Waals surface area contributed by atoms with E-state index in [0.29, 0.717) is 53.1 Å². The van der Waals surface area contributed by atoms with Crippen molar-refractivity contribution in [3.8, 4) is 5.75 Å². The summed E-state index contributed by atoms with van der Waals surface area (Å²) in [6.45, 7) is 4.42. The average Bonchev–Trinajstić information content (AvgIpc) is 3.09. The fraction of sp³-hybridized carbons (Fsp3) is 0.360. The number of ketones is 1. The number of carbonyl (C=O) groups excluding carboxylic acids is 2. The second-order valence-corrected chi connectivity index (χ2v) is 9.18. The van der Waals surface area contributed by atoms with Gasteiger partial charge in [-0.2, -0.15) is 0 Å². The molecular weight excluding hydrogens is 479 g/mol. The van der Waals surface area contributed by atoms with Crippen molar-refractivity contribution in [2.45, 2.75) is 12.5 Å². The molecule has 0 aromatic heterocycles. The van der Waals surface area contributed by atoms with Gasteiger partial charge in [0.25, 0.3) is 5.91 Å². The molecule has 180 valence electrons. The molecule has 0 aliphatic carbocycles. The van der Waals surface area contributed by atoms with Gasteiger partial charge in [0.1, 0.15) is 18.8 Å². The number of methoxy groups -OCH3 is 1. The van der Waals surface area contributed by atoms with E-state index < -0.39 is 23.5 Å². The Bertz CT molecular complexity index is 1100. The van der Waals surface area contributed by atoms with Gasteiger partial charge in [-0.25, -0.2) is 0 Å². The summed E-state index contributed by atoms with van der Waals surface area (Å²) >= 11 is 12.6. The van der Waals surface area contributed by atoms with Gasteiger partial charge in [-0.15, -0.1) is 0 Å². The molecule has 1 amide bonds. The van der Waals surface area contributed by atoms with Crippen LogP contribution in [0.2, 0.25) is 10.0 Å². The molecule has 2 aromatic carbocycles. The number of ether oxygens (including phenoxy) is 2. The molecule has 1 atom stereocenters. The van der Waals surface area contributed by atoms with Crippen LogP contribution in [-0.2, 0) is 14.3 Å². The van der Waals surface area contributed by atoms with Crippen molar-refractivity contribution < 1.29 is 29.1 Å². The Hall–Kier alpha value is -2.58. The molecule has 0 saturated carbocycles. The van der Waals surface area contributed by atoms with Crippen LogP contribution in [0.3, 0.4) is 0 Å². The Morgan fingerprint density at radius 2 is 1.85 bits per heavy atom. The summed E-state index contributed by atoms with van der Waals surface area (Å²) in [4.78, 5) is 29.1. The van der Waals surface area contributed by atoms with Gasteiger partial charge in [0.15, 0.2) is 0 Å². The maximum atomic E-state index is 13.5. The minimum atomic E-state index is -0.876. The number of quaternary nitrogens is 1. The highest BCUT2D eigenvalue weighted by molar-refractivity contribution is 6.47. The third kappa shape index (κ3) is 5.08. The summed E-state index contributed by atoms with van der Waals surface area (Å²) in [6, 6.07) is 10.4. The first-order chi connectivity index (χ1) is 16.4. The number of Topliss-reactive ketones (excluding diaryl/α,β-unsaturated/α-hetero) is 1. The molecule has 0 radical (unpaired) electrons. The summed E-state index contributed by atoms with van der Waals surface area (Å²) in [5.41, 5.74) is 0.700. The van der Waals surface area contributed by atoms with E-state index in [1.807, 2.05) is 0 Å². The molecule has 34 heavy (non-hydrogen) atoms. The number of morpholine rings is 1. The number of halogens is 2. The molecular formula is C25H26Cl2N2O5. The molecule has 2 fully saturated rings. The van der Waals surface area contributed by atoms with Crippen LogP contribution in [-0.4, -0.2) is 63.1 Å². The van der Waals surface area contributed by atoms with Crippen LogP contribution in [0.5, 0.6) is 5.75 Å². The smallest absolute Gasteiger partial charge is 0.295 e. The Kier molecular flexibility index (Phi) is 7.78. The molecule has 9 heteroatoms. The SMILES string of the molecule is COc1ccc(C([O-])=C2C(=O)C(=O)N(CCC[NH+]3CCOCC3)C2c2ccc(Cl)cc2Cl)cc1. The van der Waals surface area contributed by atoms with Crippen LogP contribution in [0, 0.1) is 0 Å². The van der Waals surface area contributed by atoms with Crippen molar-refractivity contribution in [3.63, 3.8) is 0 Å². The van der Waals surface area contributed by atoms with Crippen LogP contribution < -0.4 is 14.7 Å². The molecule has 2 aliphatic heterocycles. The van der Waals surface area contributed by atoms with Gasteiger partial charge in [-0.05, 0) is 35.4 Å². The maximum absolute atomic E-state index is 13.5. The van der Waals surface area contributed by atoms with Gasteiger partial charge in [0, 0.05) is 28.6 Å². The Labute approximate surface area is 208 Å². The molecule has 2 aliphatic rings. The lowest BCUT2D eigenvalue weighted by Gasteiger charge is -2.29. The van der Waals surface area contributed by atoms with Crippen LogP contribution in [0.15, 0.2) is 48.0 Å².